The Labute approximate surface area is 91.8 Å². The molecule has 1 aromatic heterocycles. The van der Waals surface area contributed by atoms with Gasteiger partial charge in [0.05, 0.1) is 5.02 Å². The predicted octanol–water partition coefficient (Wildman–Crippen LogP) is 3.93. The van der Waals surface area contributed by atoms with Crippen LogP contribution in [0.1, 0.15) is 0 Å². The van der Waals surface area contributed by atoms with Gasteiger partial charge in [0.1, 0.15) is 5.52 Å². The van der Waals surface area contributed by atoms with E-state index < -0.39 is 11.8 Å². The molecule has 2 rings (SSSR count). The van der Waals surface area contributed by atoms with Crippen LogP contribution in [0.2, 0.25) is 5.02 Å². The molecule has 72 valence electrons. The number of rotatable bonds is 0. The minimum Gasteiger partial charge on any atom is -0.217 e. The van der Waals surface area contributed by atoms with Crippen LogP contribution in [0.4, 0.5) is 8.78 Å². The van der Waals surface area contributed by atoms with Gasteiger partial charge in [-0.15, -0.1) is 0 Å². The lowest BCUT2D eigenvalue weighted by Crippen LogP contribution is -1.89. The largest absolute Gasteiger partial charge is 0.217 e. The highest BCUT2D eigenvalue weighted by Gasteiger charge is 2.11. The molecule has 0 bridgehead atoms. The van der Waals surface area contributed by atoms with Crippen molar-refractivity contribution in [2.45, 2.75) is 0 Å². The van der Waals surface area contributed by atoms with Gasteiger partial charge in [-0.25, -0.2) is 9.37 Å². The highest BCUT2D eigenvalue weighted by atomic mass is 79.9. The summed E-state index contributed by atoms with van der Waals surface area (Å²) in [5.74, 6) is -1.44. The van der Waals surface area contributed by atoms with Crippen molar-refractivity contribution in [3.05, 3.63) is 39.5 Å². The lowest BCUT2D eigenvalue weighted by molar-refractivity contribution is 0.581. The van der Waals surface area contributed by atoms with Crippen LogP contribution >= 0.6 is 27.5 Å². The molecule has 1 nitrogen and oxygen atoms in total. The molecule has 0 unspecified atom stereocenters. The predicted molar refractivity (Wildman–Crippen MR) is 54.4 cm³/mol. The molecule has 0 aliphatic heterocycles. The van der Waals surface area contributed by atoms with Gasteiger partial charge in [0.15, 0.2) is 5.82 Å². The van der Waals surface area contributed by atoms with Crippen LogP contribution in [0.25, 0.3) is 10.9 Å². The molecule has 2 aromatic rings. The summed E-state index contributed by atoms with van der Waals surface area (Å²) in [4.78, 5) is 3.43. The van der Waals surface area contributed by atoms with E-state index in [1.165, 1.54) is 12.1 Å². The molecule has 1 aromatic carbocycles. The number of fused-ring (bicyclic) bond motifs is 1. The lowest BCUT2D eigenvalue weighted by atomic mass is 10.2. The summed E-state index contributed by atoms with van der Waals surface area (Å²) in [6.07, 6.45) is 0. The van der Waals surface area contributed by atoms with Gasteiger partial charge < -0.3 is 0 Å². The van der Waals surface area contributed by atoms with Crippen LogP contribution in [0.3, 0.4) is 0 Å². The molecule has 1 heterocycles. The highest BCUT2D eigenvalue weighted by molar-refractivity contribution is 9.10. The third kappa shape index (κ3) is 1.48. The van der Waals surface area contributed by atoms with Crippen LogP contribution in [0.5, 0.6) is 0 Å². The highest BCUT2D eigenvalue weighted by Crippen LogP contribution is 2.31. The van der Waals surface area contributed by atoms with Crippen LogP contribution in [-0.2, 0) is 0 Å². The SMILES string of the molecule is Fc1ccc2cc(Br)c(Cl)c(F)c2n1. The number of aromatic nitrogens is 1. The Morgan fingerprint density at radius 3 is 2.71 bits per heavy atom. The summed E-state index contributed by atoms with van der Waals surface area (Å²) < 4.78 is 26.6. The average molecular weight is 278 g/mol. The molecule has 14 heavy (non-hydrogen) atoms. The molecule has 0 aliphatic rings. The summed E-state index contributed by atoms with van der Waals surface area (Å²) in [6, 6.07) is 4.21. The Morgan fingerprint density at radius 2 is 2.00 bits per heavy atom. The van der Waals surface area contributed by atoms with E-state index >= 15 is 0 Å². The van der Waals surface area contributed by atoms with Crippen molar-refractivity contribution in [1.82, 2.24) is 4.98 Å². The molecular weight excluding hydrogens is 275 g/mol. The number of halogens is 4. The molecule has 0 N–H and O–H groups in total. The minimum absolute atomic E-state index is 0.0572. The standard InChI is InChI=1S/C9H3BrClF2N/c10-5-3-4-1-2-6(12)14-9(4)8(13)7(5)11/h1-3H. The third-order valence-electron chi connectivity index (χ3n) is 1.78. The number of benzene rings is 1. The summed E-state index contributed by atoms with van der Waals surface area (Å²) in [7, 11) is 0. The first-order chi connectivity index (χ1) is 6.59. The molecule has 0 atom stereocenters. The zero-order chi connectivity index (χ0) is 10.3. The Balaban J connectivity index is 2.92. The summed E-state index contributed by atoms with van der Waals surface area (Å²) in [5, 5.41) is 0.413. The second-order valence-electron chi connectivity index (χ2n) is 2.69. The second kappa shape index (κ2) is 3.44. The van der Waals surface area contributed by atoms with Crippen molar-refractivity contribution < 1.29 is 8.78 Å². The Bertz CT molecular complexity index is 516. The molecule has 0 aliphatic carbocycles. The molecule has 0 saturated heterocycles. The molecule has 5 heteroatoms. The van der Waals surface area contributed by atoms with E-state index in [0.29, 0.717) is 9.86 Å². The van der Waals surface area contributed by atoms with E-state index in [9.17, 15) is 8.78 Å². The quantitative estimate of drug-likeness (QED) is 0.525. The van der Waals surface area contributed by atoms with E-state index in [0.717, 1.165) is 0 Å². The zero-order valence-corrected chi connectivity index (χ0v) is 9.03. The first-order valence-corrected chi connectivity index (χ1v) is 4.86. The normalized spacial score (nSPS) is 10.9. The Morgan fingerprint density at radius 1 is 1.29 bits per heavy atom. The van der Waals surface area contributed by atoms with E-state index in [2.05, 4.69) is 20.9 Å². The van der Waals surface area contributed by atoms with E-state index in [1.807, 2.05) is 0 Å². The smallest absolute Gasteiger partial charge is 0.213 e. The van der Waals surface area contributed by atoms with Gasteiger partial charge in [-0.05, 0) is 34.1 Å². The zero-order valence-electron chi connectivity index (χ0n) is 6.69. The van der Waals surface area contributed by atoms with Crippen LogP contribution in [0.15, 0.2) is 22.7 Å². The monoisotopic (exact) mass is 277 g/mol. The van der Waals surface area contributed by atoms with Gasteiger partial charge in [0, 0.05) is 9.86 Å². The van der Waals surface area contributed by atoms with Gasteiger partial charge in [-0.1, -0.05) is 11.6 Å². The van der Waals surface area contributed by atoms with Crippen molar-refractivity contribution >= 4 is 38.4 Å². The number of hydrogen-bond acceptors (Lipinski definition) is 1. The maximum Gasteiger partial charge on any atom is 0.213 e. The lowest BCUT2D eigenvalue weighted by Gasteiger charge is -2.02. The van der Waals surface area contributed by atoms with E-state index in [1.54, 1.807) is 6.07 Å². The second-order valence-corrected chi connectivity index (χ2v) is 3.92. The topological polar surface area (TPSA) is 12.9 Å². The van der Waals surface area contributed by atoms with Gasteiger partial charge >= 0.3 is 0 Å². The van der Waals surface area contributed by atoms with Gasteiger partial charge in [0.2, 0.25) is 5.95 Å². The van der Waals surface area contributed by atoms with Crippen LogP contribution in [0, 0.1) is 11.8 Å². The average Bonchev–Trinajstić information content (AvgIpc) is 2.16. The van der Waals surface area contributed by atoms with Crippen molar-refractivity contribution in [2.75, 3.05) is 0 Å². The summed E-state index contributed by atoms with van der Waals surface area (Å²) in [5.41, 5.74) is -0.0572. The molecule has 0 fully saturated rings. The fraction of sp³-hybridized carbons (Fsp3) is 0. The molecule has 0 saturated carbocycles. The maximum atomic E-state index is 13.4. The van der Waals surface area contributed by atoms with Crippen molar-refractivity contribution in [3.63, 3.8) is 0 Å². The van der Waals surface area contributed by atoms with E-state index in [4.69, 9.17) is 11.6 Å². The first kappa shape index (κ1) is 9.80. The first-order valence-electron chi connectivity index (χ1n) is 3.69. The van der Waals surface area contributed by atoms with Gasteiger partial charge in [-0.3, -0.25) is 0 Å². The van der Waals surface area contributed by atoms with Crippen LogP contribution < -0.4 is 0 Å². The Hall–Kier alpha value is -0.740. The number of hydrogen-bond donors (Lipinski definition) is 0. The van der Waals surface area contributed by atoms with Gasteiger partial charge in [-0.2, -0.15) is 4.39 Å². The molecule has 0 spiro atoms. The minimum atomic E-state index is -0.727. The fourth-order valence-electron chi connectivity index (χ4n) is 1.15. The number of nitrogens with zero attached hydrogens (tertiary/aromatic N) is 1. The van der Waals surface area contributed by atoms with Gasteiger partial charge in [0.25, 0.3) is 0 Å². The van der Waals surface area contributed by atoms with E-state index in [-0.39, 0.29) is 10.5 Å². The van der Waals surface area contributed by atoms with Crippen molar-refractivity contribution in [3.8, 4) is 0 Å². The summed E-state index contributed by atoms with van der Waals surface area (Å²) >= 11 is 8.72. The van der Waals surface area contributed by atoms with Crippen molar-refractivity contribution in [1.29, 1.82) is 0 Å². The molecule has 0 radical (unpaired) electrons. The fourth-order valence-corrected chi connectivity index (χ4v) is 1.71. The Kier molecular flexibility index (Phi) is 2.41. The van der Waals surface area contributed by atoms with Crippen LogP contribution in [-0.4, -0.2) is 4.98 Å². The molecule has 0 amide bonds. The summed E-state index contributed by atoms with van der Waals surface area (Å²) in [6.45, 7) is 0. The van der Waals surface area contributed by atoms with Crippen molar-refractivity contribution in [2.24, 2.45) is 0 Å². The molecular formula is C9H3BrClF2N. The number of pyridine rings is 1. The maximum absolute atomic E-state index is 13.4. The third-order valence-corrected chi connectivity index (χ3v) is 3.01.